The summed E-state index contributed by atoms with van der Waals surface area (Å²) in [5, 5.41) is 5.97. The number of benzene rings is 1. The van der Waals surface area contributed by atoms with E-state index in [1.54, 1.807) is 11.9 Å². The predicted octanol–water partition coefficient (Wildman–Crippen LogP) is 2.23. The molecule has 27 heavy (non-hydrogen) atoms. The second-order valence-electron chi connectivity index (χ2n) is 6.67. The second-order valence-corrected chi connectivity index (χ2v) is 6.67. The molecule has 1 aliphatic rings. The third kappa shape index (κ3) is 4.74. The molecule has 0 aliphatic carbocycles. The van der Waals surface area contributed by atoms with Gasteiger partial charge in [0.1, 0.15) is 0 Å². The zero-order valence-corrected chi connectivity index (χ0v) is 15.7. The number of halogens is 1. The van der Waals surface area contributed by atoms with Crippen LogP contribution in [0.15, 0.2) is 36.4 Å². The predicted molar refractivity (Wildman–Crippen MR) is 102 cm³/mol. The highest BCUT2D eigenvalue weighted by atomic mass is 19.1. The smallest absolute Gasteiger partial charge is 0.237 e. The number of aromatic nitrogens is 1. The summed E-state index contributed by atoms with van der Waals surface area (Å²) in [6, 6.07) is 11.0. The Balaban J connectivity index is 1.71. The molecule has 1 atom stereocenters. The van der Waals surface area contributed by atoms with E-state index in [-0.39, 0.29) is 24.3 Å². The molecule has 1 fully saturated rings. The topological polar surface area (TPSA) is 66.5 Å². The summed E-state index contributed by atoms with van der Waals surface area (Å²) in [7, 11) is 3.27. The average molecular weight is 372 g/mol. The van der Waals surface area contributed by atoms with Gasteiger partial charge in [0.05, 0.1) is 13.2 Å². The Morgan fingerprint density at radius 3 is 2.85 bits per heavy atom. The SMILES string of the molecule is COc1nc(N(C)Cc2ccccc2)c(F)cc1CNC(=O)[C@@H]1CCCN1. The van der Waals surface area contributed by atoms with E-state index in [9.17, 15) is 9.18 Å². The summed E-state index contributed by atoms with van der Waals surface area (Å²) in [5.41, 5.74) is 1.57. The highest BCUT2D eigenvalue weighted by molar-refractivity contribution is 5.82. The molecule has 0 spiro atoms. The molecule has 144 valence electrons. The Labute approximate surface area is 158 Å². The van der Waals surface area contributed by atoms with Crippen LogP contribution in [0, 0.1) is 5.82 Å². The maximum atomic E-state index is 14.7. The van der Waals surface area contributed by atoms with E-state index in [4.69, 9.17) is 4.74 Å². The maximum Gasteiger partial charge on any atom is 0.237 e. The van der Waals surface area contributed by atoms with Crippen molar-refractivity contribution in [2.24, 2.45) is 0 Å². The number of carbonyl (C=O) groups is 1. The lowest BCUT2D eigenvalue weighted by molar-refractivity contribution is -0.122. The molecule has 1 aliphatic heterocycles. The number of nitrogens with one attached hydrogen (secondary N) is 2. The molecule has 0 unspecified atom stereocenters. The summed E-state index contributed by atoms with van der Waals surface area (Å²) in [6.45, 7) is 1.55. The number of hydrogen-bond acceptors (Lipinski definition) is 5. The molecule has 6 nitrogen and oxygen atoms in total. The van der Waals surface area contributed by atoms with Gasteiger partial charge >= 0.3 is 0 Å². The number of amides is 1. The largest absolute Gasteiger partial charge is 0.481 e. The lowest BCUT2D eigenvalue weighted by atomic mass is 10.2. The van der Waals surface area contributed by atoms with Crippen molar-refractivity contribution in [1.82, 2.24) is 15.6 Å². The number of hydrogen-bond donors (Lipinski definition) is 2. The zero-order chi connectivity index (χ0) is 19.2. The molecule has 1 aromatic heterocycles. The van der Waals surface area contributed by atoms with Crippen LogP contribution in [0.3, 0.4) is 0 Å². The number of methoxy groups -OCH3 is 1. The average Bonchev–Trinajstić information content (AvgIpc) is 3.21. The fourth-order valence-corrected chi connectivity index (χ4v) is 3.22. The molecule has 1 aromatic carbocycles. The highest BCUT2D eigenvalue weighted by Crippen LogP contribution is 2.25. The summed E-state index contributed by atoms with van der Waals surface area (Å²) < 4.78 is 20.0. The fraction of sp³-hybridized carbons (Fsp3) is 0.400. The molecule has 2 N–H and O–H groups in total. The summed E-state index contributed by atoms with van der Waals surface area (Å²) in [5.74, 6) is -0.00747. The second kappa shape index (κ2) is 8.81. The molecule has 0 bridgehead atoms. The van der Waals surface area contributed by atoms with Crippen LogP contribution in [-0.4, -0.2) is 37.6 Å². The van der Waals surface area contributed by atoms with Crippen molar-refractivity contribution in [3.05, 3.63) is 53.3 Å². The number of rotatable bonds is 7. The first-order valence-corrected chi connectivity index (χ1v) is 9.08. The minimum atomic E-state index is -0.447. The van der Waals surface area contributed by atoms with Gasteiger partial charge in [-0.2, -0.15) is 4.98 Å². The van der Waals surface area contributed by atoms with Gasteiger partial charge in [-0.1, -0.05) is 30.3 Å². The Morgan fingerprint density at radius 2 is 2.19 bits per heavy atom. The van der Waals surface area contributed by atoms with E-state index in [0.29, 0.717) is 18.0 Å². The van der Waals surface area contributed by atoms with Gasteiger partial charge in [0.25, 0.3) is 0 Å². The number of pyridine rings is 1. The van der Waals surface area contributed by atoms with Gasteiger partial charge in [-0.25, -0.2) is 4.39 Å². The minimum absolute atomic E-state index is 0.0831. The number of anilines is 1. The zero-order valence-electron chi connectivity index (χ0n) is 15.7. The number of carbonyl (C=O) groups excluding carboxylic acids is 1. The van der Waals surface area contributed by atoms with Crippen molar-refractivity contribution in [2.45, 2.75) is 32.0 Å². The van der Waals surface area contributed by atoms with Crippen LogP contribution in [0.4, 0.5) is 10.2 Å². The number of nitrogens with zero attached hydrogens (tertiary/aromatic N) is 2. The van der Waals surface area contributed by atoms with E-state index in [1.807, 2.05) is 30.3 Å². The first kappa shape index (κ1) is 19.1. The molecule has 2 heterocycles. The van der Waals surface area contributed by atoms with Crippen molar-refractivity contribution in [3.63, 3.8) is 0 Å². The van der Waals surface area contributed by atoms with Crippen LogP contribution in [-0.2, 0) is 17.9 Å². The van der Waals surface area contributed by atoms with Gasteiger partial charge in [0, 0.05) is 25.7 Å². The molecule has 0 radical (unpaired) electrons. The monoisotopic (exact) mass is 372 g/mol. The van der Waals surface area contributed by atoms with Gasteiger partial charge in [-0.15, -0.1) is 0 Å². The van der Waals surface area contributed by atoms with Crippen molar-refractivity contribution in [2.75, 3.05) is 25.6 Å². The Kier molecular flexibility index (Phi) is 6.24. The molecule has 0 saturated carbocycles. The van der Waals surface area contributed by atoms with E-state index >= 15 is 0 Å². The van der Waals surface area contributed by atoms with Gasteiger partial charge in [0.15, 0.2) is 11.6 Å². The van der Waals surface area contributed by atoms with Crippen LogP contribution < -0.4 is 20.3 Å². The van der Waals surface area contributed by atoms with Gasteiger partial charge in [-0.05, 0) is 31.0 Å². The van der Waals surface area contributed by atoms with Crippen LogP contribution in [0.25, 0.3) is 0 Å². The van der Waals surface area contributed by atoms with Crippen LogP contribution in [0.2, 0.25) is 0 Å². The fourth-order valence-electron chi connectivity index (χ4n) is 3.22. The van der Waals surface area contributed by atoms with Crippen molar-refractivity contribution < 1.29 is 13.9 Å². The first-order chi connectivity index (χ1) is 13.1. The molecular formula is C20H25FN4O2. The van der Waals surface area contributed by atoms with Gasteiger partial charge < -0.3 is 20.3 Å². The quantitative estimate of drug-likeness (QED) is 0.780. The summed E-state index contributed by atoms with van der Waals surface area (Å²) in [6.07, 6.45) is 1.80. The molecule has 1 saturated heterocycles. The van der Waals surface area contributed by atoms with Crippen molar-refractivity contribution in [3.8, 4) is 5.88 Å². The lowest BCUT2D eigenvalue weighted by Gasteiger charge is -2.21. The van der Waals surface area contributed by atoms with Crippen molar-refractivity contribution in [1.29, 1.82) is 0 Å². The third-order valence-electron chi connectivity index (χ3n) is 4.64. The van der Waals surface area contributed by atoms with Crippen molar-refractivity contribution >= 4 is 11.7 Å². The maximum absolute atomic E-state index is 14.7. The summed E-state index contributed by atoms with van der Waals surface area (Å²) in [4.78, 5) is 18.2. The Bertz CT molecular complexity index is 779. The van der Waals surface area contributed by atoms with Crippen LogP contribution >= 0.6 is 0 Å². The molecular weight excluding hydrogens is 347 g/mol. The molecule has 7 heteroatoms. The van der Waals surface area contributed by atoms with E-state index < -0.39 is 5.82 Å². The van der Waals surface area contributed by atoms with Gasteiger partial charge in [0.2, 0.25) is 11.8 Å². The first-order valence-electron chi connectivity index (χ1n) is 9.08. The Hall–Kier alpha value is -2.67. The van der Waals surface area contributed by atoms with Crippen LogP contribution in [0.1, 0.15) is 24.0 Å². The Morgan fingerprint density at radius 1 is 1.41 bits per heavy atom. The molecule has 2 aromatic rings. The lowest BCUT2D eigenvalue weighted by Crippen LogP contribution is -2.40. The summed E-state index contributed by atoms with van der Waals surface area (Å²) >= 11 is 0. The van der Waals surface area contributed by atoms with E-state index in [2.05, 4.69) is 15.6 Å². The highest BCUT2D eigenvalue weighted by Gasteiger charge is 2.22. The van der Waals surface area contributed by atoms with Crippen LogP contribution in [0.5, 0.6) is 5.88 Å². The van der Waals surface area contributed by atoms with Gasteiger partial charge in [-0.3, -0.25) is 4.79 Å². The molecule has 1 amide bonds. The standard InChI is InChI=1S/C20H25FN4O2/c1-25(13-14-7-4-3-5-8-14)18-16(21)11-15(20(24-18)27-2)12-23-19(26)17-9-6-10-22-17/h3-5,7-8,11,17,22H,6,9-10,12-13H2,1-2H3,(H,23,26)/t17-/m0/s1. The molecule has 3 rings (SSSR count). The normalized spacial score (nSPS) is 16.2. The van der Waals surface area contributed by atoms with E-state index in [1.165, 1.54) is 13.2 Å². The number of ether oxygens (including phenoxy) is 1. The minimum Gasteiger partial charge on any atom is -0.481 e. The third-order valence-corrected chi connectivity index (χ3v) is 4.64. The van der Waals surface area contributed by atoms with E-state index in [0.717, 1.165) is 24.9 Å².